The average Bonchev–Trinajstić information content (AvgIpc) is 2.75. The maximum atomic E-state index is 9.12. The molecular formula is C13H17N3O. The third-order valence-corrected chi connectivity index (χ3v) is 2.73. The van der Waals surface area contributed by atoms with Crippen LogP contribution in [0.25, 0.3) is 5.69 Å². The fraction of sp³-hybridized carbons (Fsp3) is 0.308. The van der Waals surface area contributed by atoms with Crippen molar-refractivity contribution in [3.8, 4) is 5.69 Å². The molecule has 0 aliphatic heterocycles. The van der Waals surface area contributed by atoms with Crippen LogP contribution in [0.15, 0.2) is 30.7 Å². The third-order valence-electron chi connectivity index (χ3n) is 2.73. The van der Waals surface area contributed by atoms with E-state index in [1.165, 1.54) is 11.1 Å². The van der Waals surface area contributed by atoms with Crippen LogP contribution in [0.4, 0.5) is 0 Å². The van der Waals surface area contributed by atoms with Crippen molar-refractivity contribution < 1.29 is 5.11 Å². The van der Waals surface area contributed by atoms with Crippen molar-refractivity contribution in [1.29, 1.82) is 0 Å². The van der Waals surface area contributed by atoms with E-state index in [-0.39, 0.29) is 6.61 Å². The summed E-state index contributed by atoms with van der Waals surface area (Å²) in [6, 6.07) is 5.86. The molecule has 1 aromatic heterocycles. The van der Waals surface area contributed by atoms with E-state index >= 15 is 0 Å². The maximum Gasteiger partial charge on any atom is 0.0994 e. The number of hydrogen-bond acceptors (Lipinski definition) is 3. The Morgan fingerprint density at radius 2 is 1.94 bits per heavy atom. The lowest BCUT2D eigenvalue weighted by Crippen LogP contribution is -2.18. The summed E-state index contributed by atoms with van der Waals surface area (Å²) in [5.74, 6) is 0. The van der Waals surface area contributed by atoms with Crippen molar-refractivity contribution >= 4 is 0 Å². The van der Waals surface area contributed by atoms with Gasteiger partial charge in [0.2, 0.25) is 0 Å². The van der Waals surface area contributed by atoms with Crippen molar-refractivity contribution in [1.82, 2.24) is 9.55 Å². The molecule has 2 aromatic rings. The highest BCUT2D eigenvalue weighted by Crippen LogP contribution is 2.18. The van der Waals surface area contributed by atoms with E-state index in [4.69, 9.17) is 10.8 Å². The molecule has 0 saturated carbocycles. The van der Waals surface area contributed by atoms with Gasteiger partial charge in [0, 0.05) is 5.69 Å². The standard InChI is InChI=1S/C13H17N3O/c1-9-3-10(2)5-11(4-9)16-8-15-6-13(16)12(14)7-17/h3-6,8,12,17H,7,14H2,1-2H3. The van der Waals surface area contributed by atoms with Crippen molar-refractivity contribution in [2.75, 3.05) is 6.61 Å². The van der Waals surface area contributed by atoms with Gasteiger partial charge in [-0.1, -0.05) is 6.07 Å². The zero-order valence-corrected chi connectivity index (χ0v) is 10.1. The lowest BCUT2D eigenvalue weighted by molar-refractivity contribution is 0.265. The number of nitrogens with two attached hydrogens (primary N) is 1. The summed E-state index contributed by atoms with van der Waals surface area (Å²) in [7, 11) is 0. The quantitative estimate of drug-likeness (QED) is 0.841. The lowest BCUT2D eigenvalue weighted by atomic mass is 10.1. The van der Waals surface area contributed by atoms with E-state index < -0.39 is 6.04 Å². The number of aliphatic hydroxyl groups excluding tert-OH is 1. The van der Waals surface area contributed by atoms with E-state index in [9.17, 15) is 0 Å². The third kappa shape index (κ3) is 2.38. The first-order valence-corrected chi connectivity index (χ1v) is 5.59. The van der Waals surface area contributed by atoms with Gasteiger partial charge in [-0.15, -0.1) is 0 Å². The molecule has 0 bridgehead atoms. The number of aliphatic hydroxyl groups is 1. The second-order valence-electron chi connectivity index (χ2n) is 4.32. The Morgan fingerprint density at radius 3 is 2.53 bits per heavy atom. The molecule has 0 aliphatic rings. The van der Waals surface area contributed by atoms with Gasteiger partial charge in [0.05, 0.1) is 30.9 Å². The van der Waals surface area contributed by atoms with Crippen molar-refractivity contribution in [2.45, 2.75) is 19.9 Å². The number of aromatic nitrogens is 2. The lowest BCUT2D eigenvalue weighted by Gasteiger charge is -2.13. The first-order valence-electron chi connectivity index (χ1n) is 5.59. The second kappa shape index (κ2) is 4.69. The highest BCUT2D eigenvalue weighted by Gasteiger charge is 2.11. The molecule has 0 fully saturated rings. The smallest absolute Gasteiger partial charge is 0.0994 e. The van der Waals surface area contributed by atoms with E-state index in [0.29, 0.717) is 0 Å². The number of aryl methyl sites for hydroxylation is 2. The highest BCUT2D eigenvalue weighted by molar-refractivity contribution is 5.41. The number of hydrogen-bond donors (Lipinski definition) is 2. The van der Waals surface area contributed by atoms with Crippen LogP contribution >= 0.6 is 0 Å². The minimum atomic E-state index is -0.404. The average molecular weight is 231 g/mol. The molecule has 0 aliphatic carbocycles. The van der Waals surface area contributed by atoms with Crippen molar-refractivity contribution in [3.05, 3.63) is 47.5 Å². The molecule has 0 saturated heterocycles. The normalized spacial score (nSPS) is 12.7. The van der Waals surface area contributed by atoms with Crippen LogP contribution in [-0.4, -0.2) is 21.3 Å². The van der Waals surface area contributed by atoms with Gasteiger partial charge in [-0.25, -0.2) is 4.98 Å². The fourth-order valence-electron chi connectivity index (χ4n) is 1.98. The molecule has 17 heavy (non-hydrogen) atoms. The molecule has 0 spiro atoms. The van der Waals surface area contributed by atoms with Crippen LogP contribution in [0.1, 0.15) is 22.9 Å². The molecule has 90 valence electrons. The first kappa shape index (κ1) is 11.8. The molecule has 3 N–H and O–H groups in total. The zero-order valence-electron chi connectivity index (χ0n) is 10.1. The van der Waals surface area contributed by atoms with E-state index in [0.717, 1.165) is 11.4 Å². The second-order valence-corrected chi connectivity index (χ2v) is 4.32. The molecule has 4 heteroatoms. The minimum Gasteiger partial charge on any atom is -0.394 e. The predicted octanol–water partition coefficient (Wildman–Crippen LogP) is 1.48. The molecule has 1 aromatic carbocycles. The van der Waals surface area contributed by atoms with Crippen molar-refractivity contribution in [3.63, 3.8) is 0 Å². The monoisotopic (exact) mass is 231 g/mol. The number of imidazole rings is 1. The molecule has 1 atom stereocenters. The van der Waals surface area contributed by atoms with Crippen LogP contribution < -0.4 is 5.73 Å². The van der Waals surface area contributed by atoms with E-state index in [1.54, 1.807) is 12.5 Å². The zero-order chi connectivity index (χ0) is 12.4. The summed E-state index contributed by atoms with van der Waals surface area (Å²) >= 11 is 0. The van der Waals surface area contributed by atoms with Gasteiger partial charge in [-0.2, -0.15) is 0 Å². The topological polar surface area (TPSA) is 64.1 Å². The molecule has 2 rings (SSSR count). The molecule has 1 unspecified atom stereocenters. The molecule has 0 radical (unpaired) electrons. The van der Waals surface area contributed by atoms with Crippen LogP contribution in [-0.2, 0) is 0 Å². The number of nitrogens with zero attached hydrogens (tertiary/aromatic N) is 2. The Bertz CT molecular complexity index is 499. The van der Waals surface area contributed by atoms with Gasteiger partial charge >= 0.3 is 0 Å². The summed E-state index contributed by atoms with van der Waals surface area (Å²) in [4.78, 5) is 4.10. The fourth-order valence-corrected chi connectivity index (χ4v) is 1.98. The summed E-state index contributed by atoms with van der Waals surface area (Å²) in [5, 5.41) is 9.12. The van der Waals surface area contributed by atoms with Gasteiger partial charge in [0.15, 0.2) is 0 Å². The van der Waals surface area contributed by atoms with Crippen LogP contribution in [0.5, 0.6) is 0 Å². The molecule has 0 amide bonds. The Labute approximate surface area is 101 Å². The first-order chi connectivity index (χ1) is 8.11. The van der Waals surface area contributed by atoms with Gasteiger partial charge in [0.1, 0.15) is 0 Å². The van der Waals surface area contributed by atoms with Crippen LogP contribution in [0.3, 0.4) is 0 Å². The van der Waals surface area contributed by atoms with Gasteiger partial charge in [-0.05, 0) is 37.1 Å². The Hall–Kier alpha value is -1.65. The molecule has 4 nitrogen and oxygen atoms in total. The number of benzene rings is 1. The summed E-state index contributed by atoms with van der Waals surface area (Å²) in [6.45, 7) is 4.02. The Balaban J connectivity index is 2.49. The predicted molar refractivity (Wildman–Crippen MR) is 67.1 cm³/mol. The van der Waals surface area contributed by atoms with Gasteiger partial charge in [-0.3, -0.25) is 0 Å². The van der Waals surface area contributed by atoms with Crippen LogP contribution in [0.2, 0.25) is 0 Å². The Morgan fingerprint density at radius 1 is 1.29 bits per heavy atom. The van der Waals surface area contributed by atoms with Gasteiger partial charge < -0.3 is 15.4 Å². The maximum absolute atomic E-state index is 9.12. The summed E-state index contributed by atoms with van der Waals surface area (Å²) < 4.78 is 1.92. The van der Waals surface area contributed by atoms with Crippen molar-refractivity contribution in [2.24, 2.45) is 5.73 Å². The highest BCUT2D eigenvalue weighted by atomic mass is 16.3. The molecular weight excluding hydrogens is 214 g/mol. The minimum absolute atomic E-state index is 0.0868. The van der Waals surface area contributed by atoms with Gasteiger partial charge in [0.25, 0.3) is 0 Å². The number of rotatable bonds is 3. The molecule has 1 heterocycles. The largest absolute Gasteiger partial charge is 0.394 e. The summed E-state index contributed by atoms with van der Waals surface area (Å²) in [5.41, 5.74) is 10.1. The SMILES string of the molecule is Cc1cc(C)cc(-n2cncc2C(N)CO)c1. The van der Waals surface area contributed by atoms with E-state index in [2.05, 4.69) is 37.0 Å². The Kier molecular flexibility index (Phi) is 3.26. The summed E-state index contributed by atoms with van der Waals surface area (Å²) in [6.07, 6.45) is 3.41. The van der Waals surface area contributed by atoms with E-state index in [1.807, 2.05) is 4.57 Å². The van der Waals surface area contributed by atoms with Crippen LogP contribution in [0, 0.1) is 13.8 Å².